The predicted octanol–water partition coefficient (Wildman–Crippen LogP) is 8.51. The van der Waals surface area contributed by atoms with Crippen LogP contribution in [0.2, 0.25) is 0 Å². The fraction of sp³-hybridized carbons (Fsp3) is 0.594. The lowest BCUT2D eigenvalue weighted by Gasteiger charge is -2.41. The largest absolute Gasteiger partial charge is 0.508 e. The van der Waals surface area contributed by atoms with Crippen molar-refractivity contribution in [2.75, 3.05) is 59.5 Å². The molecule has 0 aliphatic carbocycles. The van der Waals surface area contributed by atoms with Gasteiger partial charge in [-0.25, -0.2) is 14.5 Å². The number of likely N-dealkylation sites (N-methyl/N-ethyl adjacent to an activating group) is 2. The molecule has 0 spiro atoms. The Kier molecular flexibility index (Phi) is 26.5. The van der Waals surface area contributed by atoms with Crippen molar-refractivity contribution >= 4 is 67.9 Å². The zero-order valence-electron chi connectivity index (χ0n) is 56.7. The average molecular weight is 1330 g/mol. The minimum Gasteiger partial charge on any atom is -0.508 e. The van der Waals surface area contributed by atoms with Crippen LogP contribution in [-0.2, 0) is 44.8 Å². The number of fused-ring (bicyclic) bond motifs is 1. The SMILES string of the molecule is CC[C@H](C)C([C@@H](CC(=O)N1CCC[C@@H]1[C@@H](OC)[C@@H](C)C(=O)N[C@@H](C)[C@H](O)c1ccccc1)OC)N(C)C(=O)[C@@H](NC(=O)[C@@H](C(C)C)N(C)C(=O)CSSCC(=O)N1CCC(CCn2ccc3cc(-n4c(-c5cc(C(C)C)c(O)cc5O)n[nH]c4=O)ccc32)CC1)C(C)C. The predicted molar refractivity (Wildman–Crippen MR) is 365 cm³/mol. The number of H-pyrrole nitrogens is 1. The summed E-state index contributed by atoms with van der Waals surface area (Å²) in [4.78, 5) is 104. The van der Waals surface area contributed by atoms with Gasteiger partial charge in [0.25, 0.3) is 0 Å². The molecule has 93 heavy (non-hydrogen) atoms. The Morgan fingerprint density at radius 3 is 2.11 bits per heavy atom. The molecule has 6 amide bonds. The van der Waals surface area contributed by atoms with Gasteiger partial charge in [-0.05, 0) is 110 Å². The van der Waals surface area contributed by atoms with E-state index < -0.39 is 66.0 Å². The number of nitrogens with zero attached hydrogens (tertiary/aromatic N) is 7. The standard InChI is InChI=1S/C69H100N10O12S2/c1-15-43(8)62(56(90-13)37-57(82)78-29-19-22-53(78)64(91-14)44(9)66(86)70-45(10)63(85)47-20-17-16-18-21-47)75(12)68(88)60(41(4)5)71-67(87)61(42(6)7)74(11)58(83)38-92-93-39-59(84)77-31-26-46(27-32-77)25-30-76-33-28-48-34-49(23-24-52(48)76)79-65(72-73-69(79)89)51-35-50(40(2)3)54(80)36-55(51)81/h16-18,20-21,23-24,28,33-36,40-46,53,56,60-64,80-81,85H,15,19,22,25-27,29-32,37-39H2,1-14H3,(H,70,86)(H,71,87)(H,73,89)/t43-,44+,45-,53+,56+,60-,61+,62?,63-,64-/m0/s1. The van der Waals surface area contributed by atoms with Gasteiger partial charge in [-0.2, -0.15) is 5.10 Å². The first kappa shape index (κ1) is 73.5. The van der Waals surface area contributed by atoms with Crippen LogP contribution in [0.5, 0.6) is 11.5 Å². The second-order valence-electron chi connectivity index (χ2n) is 26.3. The average Bonchev–Trinajstić information content (AvgIpc) is 1.68. The molecule has 0 radical (unpaired) electrons. The second kappa shape index (κ2) is 33.5. The van der Waals surface area contributed by atoms with Crippen LogP contribution in [0.3, 0.4) is 0 Å². The van der Waals surface area contributed by atoms with E-state index in [1.807, 2.05) is 109 Å². The maximum Gasteiger partial charge on any atom is 0.348 e. The number of amides is 6. The molecule has 6 N–H and O–H groups in total. The van der Waals surface area contributed by atoms with Crippen LogP contribution in [0, 0.1) is 29.6 Å². The van der Waals surface area contributed by atoms with E-state index in [4.69, 9.17) is 9.47 Å². The molecule has 2 aliphatic rings. The van der Waals surface area contributed by atoms with E-state index in [1.54, 1.807) is 55.9 Å². The number of phenols is 2. The van der Waals surface area contributed by atoms with Gasteiger partial charge in [-0.15, -0.1) is 0 Å². The molecule has 0 bridgehead atoms. The fourth-order valence-corrected chi connectivity index (χ4v) is 15.2. The van der Waals surface area contributed by atoms with Crippen LogP contribution < -0.4 is 16.3 Å². The van der Waals surface area contributed by atoms with Crippen LogP contribution >= 0.6 is 21.6 Å². The zero-order chi connectivity index (χ0) is 68.1. The molecule has 4 heterocycles. The molecule has 7 rings (SSSR count). The van der Waals surface area contributed by atoms with E-state index >= 15 is 0 Å². The van der Waals surface area contributed by atoms with E-state index in [0.29, 0.717) is 67.2 Å². The number of aliphatic hydroxyl groups excluding tert-OH is 1. The number of hydrogen-bond acceptors (Lipinski definition) is 15. The third-order valence-electron chi connectivity index (χ3n) is 19.1. The van der Waals surface area contributed by atoms with Gasteiger partial charge in [0.1, 0.15) is 23.6 Å². The highest BCUT2D eigenvalue weighted by Crippen LogP contribution is 2.38. The van der Waals surface area contributed by atoms with Gasteiger partial charge in [0, 0.05) is 77.7 Å². The minimum atomic E-state index is -0.980. The lowest BCUT2D eigenvalue weighted by atomic mass is 9.89. The number of rotatable bonds is 31. The number of nitrogens with one attached hydrogen (secondary N) is 3. The number of aliphatic hydroxyl groups is 1. The number of piperidine rings is 1. The van der Waals surface area contributed by atoms with Gasteiger partial charge in [0.05, 0.1) is 71.5 Å². The van der Waals surface area contributed by atoms with E-state index in [2.05, 4.69) is 25.4 Å². The smallest absolute Gasteiger partial charge is 0.348 e. The molecule has 2 fully saturated rings. The number of carbonyl (C=O) groups excluding carboxylic acids is 6. The Bertz CT molecular complexity index is 3400. The summed E-state index contributed by atoms with van der Waals surface area (Å²) in [7, 11) is 8.91. The molecule has 510 valence electrons. The molecule has 1 unspecified atom stereocenters. The number of ether oxygens (including phenoxy) is 2. The quantitative estimate of drug-likeness (QED) is 0.0179. The molecule has 3 aromatic carbocycles. The van der Waals surface area contributed by atoms with Gasteiger partial charge < -0.3 is 59.6 Å². The fourth-order valence-electron chi connectivity index (χ4n) is 13.4. The summed E-state index contributed by atoms with van der Waals surface area (Å²) >= 11 is 0. The van der Waals surface area contributed by atoms with Crippen LogP contribution in [0.25, 0.3) is 28.0 Å². The third kappa shape index (κ3) is 17.7. The molecular formula is C69H100N10O12S2. The number of likely N-dealkylation sites (tertiary alicyclic amines) is 2. The highest BCUT2D eigenvalue weighted by atomic mass is 33.1. The second-order valence-corrected chi connectivity index (χ2v) is 28.8. The normalized spacial score (nSPS) is 17.6. The van der Waals surface area contributed by atoms with Gasteiger partial charge in [0.15, 0.2) is 5.82 Å². The maximum absolute atomic E-state index is 14.8. The number of aromatic amines is 1. The molecule has 2 saturated heterocycles. The molecule has 2 aliphatic heterocycles. The van der Waals surface area contributed by atoms with E-state index in [9.17, 15) is 48.9 Å². The first-order valence-electron chi connectivity index (χ1n) is 32.8. The molecule has 2 aromatic heterocycles. The zero-order valence-corrected chi connectivity index (χ0v) is 58.3. The van der Waals surface area contributed by atoms with Crippen molar-refractivity contribution in [3.8, 4) is 28.6 Å². The summed E-state index contributed by atoms with van der Waals surface area (Å²) in [6.07, 6.45) is 4.31. The number of aromatic nitrogens is 4. The van der Waals surface area contributed by atoms with E-state index in [1.165, 1.54) is 51.3 Å². The Hall–Kier alpha value is -6.86. The van der Waals surface area contributed by atoms with Gasteiger partial charge in [-0.1, -0.05) is 121 Å². The number of methoxy groups -OCH3 is 2. The summed E-state index contributed by atoms with van der Waals surface area (Å²) in [5, 5.41) is 45.8. The summed E-state index contributed by atoms with van der Waals surface area (Å²) in [6.45, 7) is 21.3. The van der Waals surface area contributed by atoms with Crippen molar-refractivity contribution in [3.05, 3.63) is 94.5 Å². The lowest BCUT2D eigenvalue weighted by molar-refractivity contribution is -0.148. The molecule has 10 atom stereocenters. The number of aromatic hydroxyl groups is 2. The Balaban J connectivity index is 0.871. The third-order valence-corrected chi connectivity index (χ3v) is 21.2. The number of aryl methyl sites for hydroxylation is 1. The molecule has 5 aromatic rings. The first-order valence-corrected chi connectivity index (χ1v) is 35.3. The van der Waals surface area contributed by atoms with Crippen LogP contribution in [0.15, 0.2) is 77.7 Å². The minimum absolute atomic E-state index is 0.00391. The Labute approximate surface area is 555 Å². The highest BCUT2D eigenvalue weighted by molar-refractivity contribution is 8.77. The van der Waals surface area contributed by atoms with Gasteiger partial charge >= 0.3 is 5.69 Å². The van der Waals surface area contributed by atoms with Crippen molar-refractivity contribution in [1.29, 1.82) is 0 Å². The number of benzene rings is 3. The van der Waals surface area contributed by atoms with Crippen molar-refractivity contribution in [2.45, 2.75) is 175 Å². The van der Waals surface area contributed by atoms with Crippen molar-refractivity contribution < 1.29 is 53.6 Å². The van der Waals surface area contributed by atoms with Crippen molar-refractivity contribution in [3.63, 3.8) is 0 Å². The van der Waals surface area contributed by atoms with Crippen LogP contribution in [0.1, 0.15) is 137 Å². The highest BCUT2D eigenvalue weighted by Gasteiger charge is 2.44. The molecule has 0 saturated carbocycles. The molecular weight excluding hydrogens is 1220 g/mol. The maximum atomic E-state index is 14.8. The van der Waals surface area contributed by atoms with Gasteiger partial charge in [0.2, 0.25) is 35.4 Å². The van der Waals surface area contributed by atoms with Crippen LogP contribution in [0.4, 0.5) is 0 Å². The summed E-state index contributed by atoms with van der Waals surface area (Å²) in [5.41, 5.74) is 2.74. The Morgan fingerprint density at radius 1 is 0.785 bits per heavy atom. The molecule has 24 heteroatoms. The van der Waals surface area contributed by atoms with E-state index in [-0.39, 0.29) is 88.5 Å². The van der Waals surface area contributed by atoms with E-state index in [0.717, 1.165) is 36.7 Å². The number of carbonyl (C=O) groups is 6. The topological polar surface area (TPSA) is 274 Å². The Morgan fingerprint density at radius 2 is 1.47 bits per heavy atom. The van der Waals surface area contributed by atoms with Gasteiger partial charge in [-0.3, -0.25) is 28.8 Å². The first-order chi connectivity index (χ1) is 44.2. The lowest BCUT2D eigenvalue weighted by Crippen LogP contribution is -2.60. The van der Waals surface area contributed by atoms with Crippen LogP contribution in [-0.4, -0.2) is 192 Å². The van der Waals surface area contributed by atoms with Crippen molar-refractivity contribution in [2.24, 2.45) is 29.6 Å². The summed E-state index contributed by atoms with van der Waals surface area (Å²) < 4.78 is 15.7. The number of phenolic OH excluding ortho intramolecular Hbond substituents is 2. The van der Waals surface area contributed by atoms with Crippen molar-refractivity contribution in [1.82, 2.24) is 49.6 Å². The monoisotopic (exact) mass is 1320 g/mol. The summed E-state index contributed by atoms with van der Waals surface area (Å²) in [5.74, 6) is -2.49. The molecule has 22 nitrogen and oxygen atoms in total. The number of hydrogen-bond donors (Lipinski definition) is 6. The summed E-state index contributed by atoms with van der Waals surface area (Å²) in [6, 6.07) is 16.3.